The third-order valence-corrected chi connectivity index (χ3v) is 2.93. The van der Waals surface area contributed by atoms with Gasteiger partial charge in [-0.05, 0) is 26.0 Å². The van der Waals surface area contributed by atoms with Crippen LogP contribution in [0, 0.1) is 5.82 Å². The van der Waals surface area contributed by atoms with Gasteiger partial charge in [-0.25, -0.2) is 9.82 Å². The number of rotatable bonds is 4. The van der Waals surface area contributed by atoms with Crippen molar-refractivity contribution in [2.75, 3.05) is 13.1 Å². The molecule has 0 aliphatic rings. The topological polar surface area (TPSA) is 61.8 Å². The van der Waals surface area contributed by atoms with Gasteiger partial charge in [-0.2, -0.15) is 5.10 Å². The predicted octanol–water partition coefficient (Wildman–Crippen LogP) is 1.80. The summed E-state index contributed by atoms with van der Waals surface area (Å²) in [4.78, 5) is 24.5. The lowest BCUT2D eigenvalue weighted by molar-refractivity contribution is -0.145. The molecule has 20 heavy (non-hydrogen) atoms. The predicted molar refractivity (Wildman–Crippen MR) is 75.1 cm³/mol. The number of likely N-dealkylation sites (N-methyl/N-ethyl adjacent to an activating group) is 1. The monoisotopic (exact) mass is 299 g/mol. The highest BCUT2D eigenvalue weighted by molar-refractivity contribution is 6.35. The van der Waals surface area contributed by atoms with E-state index >= 15 is 0 Å². The van der Waals surface area contributed by atoms with Gasteiger partial charge in [0.15, 0.2) is 0 Å². The number of halogens is 2. The van der Waals surface area contributed by atoms with Crippen molar-refractivity contribution in [1.82, 2.24) is 10.3 Å². The number of amides is 2. The molecule has 0 aliphatic heterocycles. The summed E-state index contributed by atoms with van der Waals surface area (Å²) in [7, 11) is 0. The number of benzene rings is 1. The van der Waals surface area contributed by atoms with Gasteiger partial charge < -0.3 is 4.90 Å². The van der Waals surface area contributed by atoms with Crippen LogP contribution in [0.1, 0.15) is 19.4 Å². The Morgan fingerprint density at radius 1 is 1.40 bits per heavy atom. The van der Waals surface area contributed by atoms with Crippen molar-refractivity contribution in [2.24, 2.45) is 5.10 Å². The maximum atomic E-state index is 13.4. The van der Waals surface area contributed by atoms with Crippen LogP contribution < -0.4 is 5.43 Å². The number of hydrogen-bond acceptors (Lipinski definition) is 3. The van der Waals surface area contributed by atoms with Crippen LogP contribution in [0.2, 0.25) is 5.02 Å². The van der Waals surface area contributed by atoms with E-state index < -0.39 is 17.6 Å². The summed E-state index contributed by atoms with van der Waals surface area (Å²) in [6.07, 6.45) is 1.06. The molecule has 0 fully saturated rings. The van der Waals surface area contributed by atoms with Crippen molar-refractivity contribution < 1.29 is 14.0 Å². The summed E-state index contributed by atoms with van der Waals surface area (Å²) in [5, 5.41) is 3.70. The van der Waals surface area contributed by atoms with Crippen LogP contribution in [0.4, 0.5) is 4.39 Å². The smallest absolute Gasteiger partial charge is 0.329 e. The highest BCUT2D eigenvalue weighted by Gasteiger charge is 2.18. The van der Waals surface area contributed by atoms with E-state index in [2.05, 4.69) is 5.10 Å². The third kappa shape index (κ3) is 4.03. The van der Waals surface area contributed by atoms with Gasteiger partial charge in [-0.3, -0.25) is 9.59 Å². The molecule has 0 bridgehead atoms. The van der Waals surface area contributed by atoms with E-state index in [0.717, 1.165) is 6.21 Å². The molecule has 1 N–H and O–H groups in total. The van der Waals surface area contributed by atoms with Crippen molar-refractivity contribution >= 4 is 29.6 Å². The molecule has 108 valence electrons. The molecule has 0 spiro atoms. The molecule has 7 heteroatoms. The highest BCUT2D eigenvalue weighted by atomic mass is 35.5. The molecular formula is C13H15ClFN3O2. The molecule has 2 amide bonds. The van der Waals surface area contributed by atoms with E-state index in [4.69, 9.17) is 11.6 Å². The lowest BCUT2D eigenvalue weighted by Gasteiger charge is -2.16. The van der Waals surface area contributed by atoms with Gasteiger partial charge in [0.2, 0.25) is 0 Å². The Labute approximate surface area is 121 Å². The standard InChI is InChI=1S/C13H15ClFN3O2/c1-3-18(4-2)13(20)12(19)17-16-8-9-10(14)6-5-7-11(9)15/h5-8H,3-4H2,1-2H3,(H,17,19)/b16-8+. The van der Waals surface area contributed by atoms with E-state index in [1.807, 2.05) is 5.43 Å². The van der Waals surface area contributed by atoms with Crippen LogP contribution in [-0.2, 0) is 9.59 Å². The number of hydrogen-bond donors (Lipinski definition) is 1. The molecule has 1 rings (SSSR count). The Morgan fingerprint density at radius 3 is 2.60 bits per heavy atom. The lowest BCUT2D eigenvalue weighted by atomic mass is 10.2. The summed E-state index contributed by atoms with van der Waals surface area (Å²) in [5.74, 6) is -2.13. The average molecular weight is 300 g/mol. The first-order valence-electron chi connectivity index (χ1n) is 6.07. The van der Waals surface area contributed by atoms with E-state index in [9.17, 15) is 14.0 Å². The second kappa shape index (κ2) is 7.59. The first-order chi connectivity index (χ1) is 9.51. The molecule has 0 radical (unpaired) electrons. The Balaban J connectivity index is 2.70. The van der Waals surface area contributed by atoms with Gasteiger partial charge in [0.1, 0.15) is 5.82 Å². The Kier molecular flexibility index (Phi) is 6.11. The Hall–Kier alpha value is -1.95. The molecule has 0 aromatic heterocycles. The van der Waals surface area contributed by atoms with Crippen LogP contribution in [0.3, 0.4) is 0 Å². The van der Waals surface area contributed by atoms with Gasteiger partial charge in [-0.1, -0.05) is 17.7 Å². The largest absolute Gasteiger partial charge is 0.335 e. The van der Waals surface area contributed by atoms with E-state index in [-0.39, 0.29) is 10.6 Å². The summed E-state index contributed by atoms with van der Waals surface area (Å²) in [6, 6.07) is 4.17. The minimum Gasteiger partial charge on any atom is -0.335 e. The minimum atomic E-state index is -0.877. The van der Waals surface area contributed by atoms with E-state index in [0.29, 0.717) is 13.1 Å². The molecule has 0 saturated carbocycles. The number of nitrogens with zero attached hydrogens (tertiary/aromatic N) is 2. The maximum Gasteiger partial charge on any atom is 0.329 e. The van der Waals surface area contributed by atoms with Crippen LogP contribution in [0.5, 0.6) is 0 Å². The normalized spacial score (nSPS) is 10.6. The summed E-state index contributed by atoms with van der Waals surface area (Å²) in [5.41, 5.74) is 2.09. The number of carbonyl (C=O) groups excluding carboxylic acids is 2. The van der Waals surface area contributed by atoms with E-state index in [1.54, 1.807) is 13.8 Å². The fourth-order valence-electron chi connectivity index (χ4n) is 1.49. The zero-order valence-electron chi connectivity index (χ0n) is 11.2. The second-order valence-electron chi connectivity index (χ2n) is 3.81. The molecular weight excluding hydrogens is 285 g/mol. The average Bonchev–Trinajstić information content (AvgIpc) is 2.43. The zero-order chi connectivity index (χ0) is 15.1. The molecule has 0 unspecified atom stereocenters. The van der Waals surface area contributed by atoms with E-state index in [1.165, 1.54) is 23.1 Å². The molecule has 0 aliphatic carbocycles. The lowest BCUT2D eigenvalue weighted by Crippen LogP contribution is -2.41. The van der Waals surface area contributed by atoms with Crippen molar-refractivity contribution in [2.45, 2.75) is 13.8 Å². The molecule has 0 saturated heterocycles. The van der Waals surface area contributed by atoms with Gasteiger partial charge in [-0.15, -0.1) is 0 Å². The van der Waals surface area contributed by atoms with Gasteiger partial charge in [0, 0.05) is 18.7 Å². The Bertz CT molecular complexity index is 510. The van der Waals surface area contributed by atoms with Crippen molar-refractivity contribution in [1.29, 1.82) is 0 Å². The fourth-order valence-corrected chi connectivity index (χ4v) is 1.70. The number of carbonyl (C=O) groups is 2. The third-order valence-electron chi connectivity index (χ3n) is 2.60. The SMILES string of the molecule is CCN(CC)C(=O)C(=O)N/N=C/c1c(F)cccc1Cl. The fraction of sp³-hybridized carbons (Fsp3) is 0.308. The quantitative estimate of drug-likeness (QED) is 0.523. The number of nitrogens with one attached hydrogen (secondary N) is 1. The molecule has 0 atom stereocenters. The molecule has 5 nitrogen and oxygen atoms in total. The van der Waals surface area contributed by atoms with Gasteiger partial charge in [0.05, 0.1) is 11.2 Å². The highest BCUT2D eigenvalue weighted by Crippen LogP contribution is 2.16. The summed E-state index contributed by atoms with van der Waals surface area (Å²) in [6.45, 7) is 4.37. The van der Waals surface area contributed by atoms with Gasteiger partial charge in [0.25, 0.3) is 0 Å². The van der Waals surface area contributed by atoms with Crippen LogP contribution in [0.25, 0.3) is 0 Å². The first kappa shape index (κ1) is 16.1. The van der Waals surface area contributed by atoms with Crippen LogP contribution >= 0.6 is 11.6 Å². The van der Waals surface area contributed by atoms with Crippen molar-refractivity contribution in [3.63, 3.8) is 0 Å². The minimum absolute atomic E-state index is 0.0461. The van der Waals surface area contributed by atoms with Gasteiger partial charge >= 0.3 is 11.8 Å². The zero-order valence-corrected chi connectivity index (χ0v) is 11.9. The first-order valence-corrected chi connectivity index (χ1v) is 6.45. The molecule has 1 aromatic rings. The van der Waals surface area contributed by atoms with Crippen LogP contribution in [0.15, 0.2) is 23.3 Å². The van der Waals surface area contributed by atoms with Crippen molar-refractivity contribution in [3.8, 4) is 0 Å². The molecule has 0 heterocycles. The van der Waals surface area contributed by atoms with Crippen LogP contribution in [-0.4, -0.2) is 36.0 Å². The van der Waals surface area contributed by atoms with Crippen molar-refractivity contribution in [3.05, 3.63) is 34.6 Å². The maximum absolute atomic E-state index is 13.4. The second-order valence-corrected chi connectivity index (χ2v) is 4.22. The summed E-state index contributed by atoms with van der Waals surface area (Å²) < 4.78 is 13.4. The molecule has 1 aromatic carbocycles. The Morgan fingerprint density at radius 2 is 2.05 bits per heavy atom. The summed E-state index contributed by atoms with van der Waals surface area (Å²) >= 11 is 5.78. The number of hydrazone groups is 1.